The van der Waals surface area contributed by atoms with Gasteiger partial charge in [0, 0.05) is 38.6 Å². The van der Waals surface area contributed by atoms with Crippen LogP contribution in [0.2, 0.25) is 0 Å². The van der Waals surface area contributed by atoms with E-state index in [0.29, 0.717) is 18.0 Å². The molecular weight excluding hydrogens is 274 g/mol. The molecule has 1 N–H and O–H groups in total. The van der Waals surface area contributed by atoms with Crippen LogP contribution in [-0.4, -0.2) is 37.4 Å². The summed E-state index contributed by atoms with van der Waals surface area (Å²) in [4.78, 5) is 0.394. The van der Waals surface area contributed by atoms with Crippen LogP contribution in [0.3, 0.4) is 0 Å². The Labute approximate surface area is 123 Å². The molecular formula is C14H27N3O2S. The number of sulfonamides is 1. The first-order valence-electron chi connectivity index (χ1n) is 7.33. The normalized spacial score (nSPS) is 12.2. The summed E-state index contributed by atoms with van der Waals surface area (Å²) >= 11 is 0. The lowest BCUT2D eigenvalue weighted by Gasteiger charge is -2.15. The van der Waals surface area contributed by atoms with Crippen LogP contribution in [0.4, 0.5) is 0 Å². The summed E-state index contributed by atoms with van der Waals surface area (Å²) in [5.41, 5.74) is 1.01. The molecule has 1 aromatic heterocycles. The van der Waals surface area contributed by atoms with Gasteiger partial charge < -0.3 is 9.88 Å². The van der Waals surface area contributed by atoms with Crippen LogP contribution in [0.5, 0.6) is 0 Å². The van der Waals surface area contributed by atoms with Crippen molar-refractivity contribution >= 4 is 10.0 Å². The Morgan fingerprint density at radius 2 is 2.00 bits per heavy atom. The Balaban J connectivity index is 2.97. The lowest BCUT2D eigenvalue weighted by molar-refractivity contribution is 0.459. The monoisotopic (exact) mass is 301 g/mol. The molecule has 0 unspecified atom stereocenters. The van der Waals surface area contributed by atoms with Crippen molar-refractivity contribution < 1.29 is 8.42 Å². The van der Waals surface area contributed by atoms with Gasteiger partial charge >= 0.3 is 0 Å². The minimum Gasteiger partial charge on any atom is -0.349 e. The molecule has 0 atom stereocenters. The Morgan fingerprint density at radius 3 is 2.55 bits per heavy atom. The summed E-state index contributed by atoms with van der Waals surface area (Å²) in [5.74, 6) is 0. The number of unbranched alkanes of at least 4 members (excludes halogenated alkanes) is 1. The maximum Gasteiger partial charge on any atom is 0.244 e. The highest BCUT2D eigenvalue weighted by molar-refractivity contribution is 7.89. The van der Waals surface area contributed by atoms with Gasteiger partial charge in [0.25, 0.3) is 0 Å². The van der Waals surface area contributed by atoms with Gasteiger partial charge in [0.1, 0.15) is 4.90 Å². The second kappa shape index (κ2) is 7.81. The predicted molar refractivity (Wildman–Crippen MR) is 82.2 cm³/mol. The number of hydrogen-bond donors (Lipinski definition) is 1. The fraction of sp³-hybridized carbons (Fsp3) is 0.714. The number of hydrogen-bond acceptors (Lipinski definition) is 3. The third-order valence-corrected chi connectivity index (χ3v) is 5.21. The number of aromatic nitrogens is 1. The average Bonchev–Trinajstić information content (AvgIpc) is 2.86. The lowest BCUT2D eigenvalue weighted by atomic mass is 10.3. The van der Waals surface area contributed by atoms with Crippen molar-refractivity contribution in [2.45, 2.75) is 51.6 Å². The number of nitrogens with one attached hydrogen (secondary N) is 1. The molecule has 0 fully saturated rings. The summed E-state index contributed by atoms with van der Waals surface area (Å²) in [6.45, 7) is 9.02. The first kappa shape index (κ1) is 17.2. The minimum atomic E-state index is -3.36. The van der Waals surface area contributed by atoms with Gasteiger partial charge in [-0.15, -0.1) is 0 Å². The van der Waals surface area contributed by atoms with Gasteiger partial charge in [0.15, 0.2) is 0 Å². The molecule has 1 heterocycles. The van der Waals surface area contributed by atoms with Crippen molar-refractivity contribution in [1.82, 2.24) is 14.2 Å². The second-order valence-electron chi connectivity index (χ2n) is 4.91. The largest absolute Gasteiger partial charge is 0.349 e. The molecule has 0 aromatic carbocycles. The molecule has 0 saturated heterocycles. The third kappa shape index (κ3) is 4.07. The minimum absolute atomic E-state index is 0.394. The van der Waals surface area contributed by atoms with Crippen LogP contribution in [0.1, 0.15) is 39.3 Å². The first-order chi connectivity index (χ1) is 9.47. The van der Waals surface area contributed by atoms with E-state index in [4.69, 9.17) is 0 Å². The van der Waals surface area contributed by atoms with E-state index < -0.39 is 10.0 Å². The highest BCUT2D eigenvalue weighted by Gasteiger charge is 2.22. The van der Waals surface area contributed by atoms with E-state index in [1.54, 1.807) is 19.3 Å². The van der Waals surface area contributed by atoms with E-state index in [1.165, 1.54) is 4.31 Å². The van der Waals surface area contributed by atoms with Crippen molar-refractivity contribution in [2.75, 3.05) is 20.1 Å². The summed E-state index contributed by atoms with van der Waals surface area (Å²) in [5, 5.41) is 3.24. The Bertz CT molecular complexity index is 508. The topological polar surface area (TPSA) is 54.3 Å². The molecule has 1 aromatic rings. The molecule has 0 bridgehead atoms. The van der Waals surface area contributed by atoms with E-state index in [-0.39, 0.29) is 0 Å². The van der Waals surface area contributed by atoms with Gasteiger partial charge in [0.2, 0.25) is 10.0 Å². The van der Waals surface area contributed by atoms with Crippen LogP contribution in [0, 0.1) is 0 Å². The van der Waals surface area contributed by atoms with Crippen LogP contribution in [0.15, 0.2) is 17.2 Å². The number of aryl methyl sites for hydroxylation is 1. The van der Waals surface area contributed by atoms with Crippen LogP contribution in [-0.2, 0) is 23.1 Å². The summed E-state index contributed by atoms with van der Waals surface area (Å²) in [7, 11) is -1.71. The van der Waals surface area contributed by atoms with Gasteiger partial charge in [-0.3, -0.25) is 0 Å². The SMILES string of the molecule is CCCCN(C)S(=O)(=O)c1cc(CNCC)n(CC)c1. The standard InChI is InChI=1S/C14H27N3O2S/c1-5-8-9-16(4)20(18,19)14-10-13(11-15-6-2)17(7-3)12-14/h10,12,15H,5-9,11H2,1-4H3. The molecule has 1 rings (SSSR count). The van der Waals surface area contributed by atoms with Crippen molar-refractivity contribution in [2.24, 2.45) is 0 Å². The second-order valence-corrected chi connectivity index (χ2v) is 6.96. The summed E-state index contributed by atoms with van der Waals surface area (Å²) < 4.78 is 28.4. The van der Waals surface area contributed by atoms with Crippen LogP contribution in [0.25, 0.3) is 0 Å². The van der Waals surface area contributed by atoms with E-state index in [0.717, 1.165) is 31.6 Å². The van der Waals surface area contributed by atoms with Crippen molar-refractivity contribution in [3.63, 3.8) is 0 Å². The van der Waals surface area contributed by atoms with Gasteiger partial charge in [0.05, 0.1) is 0 Å². The van der Waals surface area contributed by atoms with Gasteiger partial charge in [-0.05, 0) is 26.0 Å². The fourth-order valence-electron chi connectivity index (χ4n) is 2.04. The summed E-state index contributed by atoms with van der Waals surface area (Å²) in [6, 6.07) is 1.78. The van der Waals surface area contributed by atoms with E-state index in [2.05, 4.69) is 12.2 Å². The molecule has 0 saturated carbocycles. The molecule has 0 spiro atoms. The number of rotatable bonds is 9. The predicted octanol–water partition coefficient (Wildman–Crippen LogP) is 2.04. The quantitative estimate of drug-likeness (QED) is 0.759. The van der Waals surface area contributed by atoms with Gasteiger partial charge in [-0.1, -0.05) is 20.3 Å². The fourth-order valence-corrected chi connectivity index (χ4v) is 3.32. The first-order valence-corrected chi connectivity index (χ1v) is 8.77. The molecule has 0 radical (unpaired) electrons. The maximum absolute atomic E-state index is 12.5. The highest BCUT2D eigenvalue weighted by atomic mass is 32.2. The molecule has 6 heteroatoms. The number of nitrogens with zero attached hydrogens (tertiary/aromatic N) is 2. The van der Waals surface area contributed by atoms with Gasteiger partial charge in [-0.25, -0.2) is 12.7 Å². The smallest absolute Gasteiger partial charge is 0.244 e. The Kier molecular flexibility index (Phi) is 6.71. The third-order valence-electron chi connectivity index (χ3n) is 3.39. The van der Waals surface area contributed by atoms with Crippen molar-refractivity contribution in [1.29, 1.82) is 0 Å². The van der Waals surface area contributed by atoms with E-state index in [9.17, 15) is 8.42 Å². The van der Waals surface area contributed by atoms with Crippen LogP contribution >= 0.6 is 0 Å². The van der Waals surface area contributed by atoms with E-state index in [1.807, 2.05) is 18.4 Å². The zero-order valence-corrected chi connectivity index (χ0v) is 13.8. The summed E-state index contributed by atoms with van der Waals surface area (Å²) in [6.07, 6.45) is 3.61. The molecule has 116 valence electrons. The highest BCUT2D eigenvalue weighted by Crippen LogP contribution is 2.18. The molecule has 0 aliphatic carbocycles. The zero-order chi connectivity index (χ0) is 15.2. The van der Waals surface area contributed by atoms with Crippen LogP contribution < -0.4 is 5.32 Å². The average molecular weight is 301 g/mol. The lowest BCUT2D eigenvalue weighted by Crippen LogP contribution is -2.27. The maximum atomic E-state index is 12.5. The van der Waals surface area contributed by atoms with Gasteiger partial charge in [-0.2, -0.15) is 0 Å². The molecule has 20 heavy (non-hydrogen) atoms. The Morgan fingerprint density at radius 1 is 1.30 bits per heavy atom. The van der Waals surface area contributed by atoms with Crippen molar-refractivity contribution in [3.05, 3.63) is 18.0 Å². The molecule has 5 nitrogen and oxygen atoms in total. The molecule has 0 aliphatic heterocycles. The zero-order valence-electron chi connectivity index (χ0n) is 13.0. The van der Waals surface area contributed by atoms with Crippen molar-refractivity contribution in [3.8, 4) is 0 Å². The molecule has 0 aliphatic rings. The van der Waals surface area contributed by atoms with E-state index >= 15 is 0 Å². The molecule has 0 amide bonds. The Hall–Kier alpha value is -0.850.